The maximum Gasteiger partial charge on any atom is 0.283 e. The number of nitrogens with one attached hydrogen (secondary N) is 1. The summed E-state index contributed by atoms with van der Waals surface area (Å²) in [6, 6.07) is 26.0. The van der Waals surface area contributed by atoms with Crippen molar-refractivity contribution < 1.29 is 9.53 Å². The van der Waals surface area contributed by atoms with Gasteiger partial charge in [0.05, 0.1) is 17.8 Å². The molecular weight excluding hydrogens is 480 g/mol. The standard InChI is InChI=1S/C30H24N4O2S/c1-20-11-13-23(14-12-20)36-16-15-33-18-22(24-9-5-6-10-26(24)33)17-25-28(31)34-27(21-7-3-2-4-8-21)19-37-30(34)32-29(25)35/h2-14,17-19,31H,15-16H2,1H3. The Labute approximate surface area is 219 Å². The van der Waals surface area contributed by atoms with Gasteiger partial charge in [-0.05, 0) is 36.8 Å². The molecule has 2 aliphatic rings. The minimum atomic E-state index is -0.397. The van der Waals surface area contributed by atoms with Gasteiger partial charge in [-0.1, -0.05) is 78.0 Å². The molecule has 3 aromatic carbocycles. The molecule has 0 saturated carbocycles. The molecule has 0 atom stereocenters. The molecule has 0 fully saturated rings. The highest BCUT2D eigenvalue weighted by Crippen LogP contribution is 2.37. The second kappa shape index (κ2) is 9.59. The Morgan fingerprint density at radius 3 is 2.57 bits per heavy atom. The smallest absolute Gasteiger partial charge is 0.283 e. The molecule has 7 heteroatoms. The van der Waals surface area contributed by atoms with Crippen molar-refractivity contribution in [1.29, 1.82) is 5.41 Å². The van der Waals surface area contributed by atoms with Crippen LogP contribution < -0.4 is 4.74 Å². The number of para-hydroxylation sites is 1. The first-order valence-corrected chi connectivity index (χ1v) is 12.9. The number of hydrogen-bond acceptors (Lipinski definition) is 4. The lowest BCUT2D eigenvalue weighted by Crippen LogP contribution is -2.38. The lowest BCUT2D eigenvalue weighted by atomic mass is 10.1. The van der Waals surface area contributed by atoms with Crippen LogP contribution >= 0.6 is 11.8 Å². The van der Waals surface area contributed by atoms with Gasteiger partial charge >= 0.3 is 0 Å². The maximum absolute atomic E-state index is 13.0. The third kappa shape index (κ3) is 4.38. The molecule has 0 spiro atoms. The number of ether oxygens (including phenoxy) is 1. The number of benzene rings is 3. The fourth-order valence-corrected chi connectivity index (χ4v) is 5.43. The van der Waals surface area contributed by atoms with Crippen LogP contribution in [0.3, 0.4) is 0 Å². The summed E-state index contributed by atoms with van der Waals surface area (Å²) in [6.45, 7) is 3.21. The van der Waals surface area contributed by atoms with Crippen LogP contribution in [0.5, 0.6) is 5.75 Å². The topological polar surface area (TPSA) is 70.7 Å². The van der Waals surface area contributed by atoms with Crippen LogP contribution in [0.2, 0.25) is 0 Å². The molecule has 0 bridgehead atoms. The van der Waals surface area contributed by atoms with Gasteiger partial charge in [-0.15, -0.1) is 0 Å². The van der Waals surface area contributed by atoms with Crippen molar-refractivity contribution in [3.8, 4) is 5.75 Å². The molecule has 1 N–H and O–H groups in total. The van der Waals surface area contributed by atoms with E-state index in [1.54, 1.807) is 11.0 Å². The normalized spacial score (nSPS) is 16.2. The number of hydrogen-bond donors (Lipinski definition) is 1. The number of aryl methyl sites for hydroxylation is 1. The molecule has 0 radical (unpaired) electrons. The molecular formula is C30H24N4O2S. The van der Waals surface area contributed by atoms with Crippen molar-refractivity contribution in [3.05, 3.63) is 113 Å². The van der Waals surface area contributed by atoms with E-state index in [0.717, 1.165) is 33.5 Å². The maximum atomic E-state index is 13.0. The van der Waals surface area contributed by atoms with E-state index in [2.05, 4.69) is 22.5 Å². The highest BCUT2D eigenvalue weighted by atomic mass is 32.2. The van der Waals surface area contributed by atoms with Gasteiger partial charge in [0.2, 0.25) is 0 Å². The lowest BCUT2D eigenvalue weighted by Gasteiger charge is -2.26. The number of aromatic nitrogens is 1. The summed E-state index contributed by atoms with van der Waals surface area (Å²) in [5.41, 5.74) is 5.20. The summed E-state index contributed by atoms with van der Waals surface area (Å²) in [5, 5.41) is 12.4. The van der Waals surface area contributed by atoms with Crippen molar-refractivity contribution in [3.63, 3.8) is 0 Å². The van der Waals surface area contributed by atoms with E-state index in [1.165, 1.54) is 17.3 Å². The second-order valence-electron chi connectivity index (χ2n) is 8.89. The van der Waals surface area contributed by atoms with Gasteiger partial charge in [-0.3, -0.25) is 15.1 Å². The van der Waals surface area contributed by atoms with Crippen LogP contribution in [0.1, 0.15) is 16.7 Å². The summed E-state index contributed by atoms with van der Waals surface area (Å²) < 4.78 is 8.08. The highest BCUT2D eigenvalue weighted by Gasteiger charge is 2.36. The van der Waals surface area contributed by atoms with Crippen LogP contribution in [0.15, 0.2) is 101 Å². The first-order chi connectivity index (χ1) is 18.1. The van der Waals surface area contributed by atoms with Gasteiger partial charge in [0, 0.05) is 28.1 Å². The van der Waals surface area contributed by atoms with E-state index in [1.807, 2.05) is 84.4 Å². The number of aliphatic imine (C=N–C) groups is 1. The highest BCUT2D eigenvalue weighted by molar-refractivity contribution is 8.17. The molecule has 182 valence electrons. The Hall–Kier alpha value is -4.36. The summed E-state index contributed by atoms with van der Waals surface area (Å²) >= 11 is 1.37. The van der Waals surface area contributed by atoms with Gasteiger partial charge in [-0.25, -0.2) is 0 Å². The Morgan fingerprint density at radius 1 is 1.00 bits per heavy atom. The van der Waals surface area contributed by atoms with Crippen molar-refractivity contribution in [2.75, 3.05) is 6.61 Å². The van der Waals surface area contributed by atoms with Crippen LogP contribution in [-0.2, 0) is 11.3 Å². The molecule has 6 rings (SSSR count). The van der Waals surface area contributed by atoms with E-state index in [4.69, 9.17) is 10.1 Å². The van der Waals surface area contributed by atoms with Crippen LogP contribution in [0.4, 0.5) is 0 Å². The third-order valence-electron chi connectivity index (χ3n) is 6.43. The van der Waals surface area contributed by atoms with Crippen LogP contribution in [-0.4, -0.2) is 33.0 Å². The first-order valence-electron chi connectivity index (χ1n) is 12.0. The van der Waals surface area contributed by atoms with Gasteiger partial charge < -0.3 is 9.30 Å². The Bertz CT molecular complexity index is 1610. The summed E-state index contributed by atoms with van der Waals surface area (Å²) in [6.07, 6.45) is 3.80. The molecule has 0 saturated heterocycles. The Kier molecular flexibility index (Phi) is 5.98. The molecule has 4 aromatic rings. The van der Waals surface area contributed by atoms with E-state index >= 15 is 0 Å². The average molecular weight is 505 g/mol. The monoisotopic (exact) mass is 504 g/mol. The quantitative estimate of drug-likeness (QED) is 0.311. The first kappa shape index (κ1) is 23.1. The van der Waals surface area contributed by atoms with Crippen LogP contribution in [0.25, 0.3) is 22.7 Å². The number of rotatable bonds is 6. The van der Waals surface area contributed by atoms with E-state index in [9.17, 15) is 4.79 Å². The summed E-state index contributed by atoms with van der Waals surface area (Å²) in [5.74, 6) is 0.575. The molecule has 2 aliphatic heterocycles. The number of carbonyl (C=O) groups is 1. The van der Waals surface area contributed by atoms with Gasteiger partial charge in [0.1, 0.15) is 18.2 Å². The van der Waals surface area contributed by atoms with Crippen molar-refractivity contribution in [2.45, 2.75) is 13.5 Å². The molecule has 0 unspecified atom stereocenters. The van der Waals surface area contributed by atoms with E-state index in [0.29, 0.717) is 18.3 Å². The number of thioether (sulfide) groups is 1. The molecule has 1 aromatic heterocycles. The lowest BCUT2D eigenvalue weighted by molar-refractivity contribution is -0.114. The molecule has 37 heavy (non-hydrogen) atoms. The molecule has 0 aliphatic carbocycles. The zero-order valence-electron chi connectivity index (χ0n) is 20.2. The van der Waals surface area contributed by atoms with E-state index < -0.39 is 5.91 Å². The zero-order chi connectivity index (χ0) is 25.4. The van der Waals surface area contributed by atoms with Gasteiger partial charge in [-0.2, -0.15) is 4.99 Å². The molecule has 6 nitrogen and oxygen atoms in total. The van der Waals surface area contributed by atoms with Crippen molar-refractivity contribution >= 4 is 51.3 Å². The second-order valence-corrected chi connectivity index (χ2v) is 9.72. The van der Waals surface area contributed by atoms with Crippen molar-refractivity contribution in [2.24, 2.45) is 4.99 Å². The van der Waals surface area contributed by atoms with Crippen molar-refractivity contribution in [1.82, 2.24) is 9.47 Å². The Morgan fingerprint density at radius 2 is 1.76 bits per heavy atom. The van der Waals surface area contributed by atoms with E-state index in [-0.39, 0.29) is 11.4 Å². The molecule has 1 amide bonds. The largest absolute Gasteiger partial charge is 0.492 e. The van der Waals surface area contributed by atoms with Gasteiger partial charge in [0.25, 0.3) is 5.91 Å². The Balaban J connectivity index is 1.30. The molecule has 3 heterocycles. The van der Waals surface area contributed by atoms with Gasteiger partial charge in [0.15, 0.2) is 5.17 Å². The zero-order valence-corrected chi connectivity index (χ0v) is 21.0. The predicted molar refractivity (Wildman–Crippen MR) is 151 cm³/mol. The number of fused-ring (bicyclic) bond motifs is 2. The average Bonchev–Trinajstić information content (AvgIpc) is 3.50. The van der Waals surface area contributed by atoms with Crippen LogP contribution in [0, 0.1) is 12.3 Å². The number of amides is 1. The SMILES string of the molecule is Cc1ccc(OCCn2cc(C=C3C(=N)N4C(c5ccccc5)=CSC4=NC3=O)c3ccccc32)cc1. The fraction of sp³-hybridized carbons (Fsp3) is 0.100. The number of amidine groups is 2. The summed E-state index contributed by atoms with van der Waals surface area (Å²) in [7, 11) is 0. The minimum Gasteiger partial charge on any atom is -0.492 e. The minimum absolute atomic E-state index is 0.134. The predicted octanol–water partition coefficient (Wildman–Crippen LogP) is 6.33. The summed E-state index contributed by atoms with van der Waals surface area (Å²) in [4.78, 5) is 19.1. The number of nitrogens with zero attached hydrogens (tertiary/aromatic N) is 3. The fourth-order valence-electron chi connectivity index (χ4n) is 4.54. The number of carbonyl (C=O) groups excluding carboxylic acids is 1. The third-order valence-corrected chi connectivity index (χ3v) is 7.25.